The van der Waals surface area contributed by atoms with Crippen LogP contribution >= 0.6 is 34.2 Å². The SMILES string of the molecule is O=C(c1cc(Cl)cc(I)c1)c1ncc[nH]1. The van der Waals surface area contributed by atoms with Gasteiger partial charge in [-0.3, -0.25) is 4.79 Å². The van der Waals surface area contributed by atoms with Crippen LogP contribution in [-0.2, 0) is 0 Å². The third-order valence-corrected chi connectivity index (χ3v) is 2.68. The minimum absolute atomic E-state index is 0.152. The van der Waals surface area contributed by atoms with Crippen LogP contribution in [-0.4, -0.2) is 15.8 Å². The second kappa shape index (κ2) is 4.32. The molecule has 0 atom stereocenters. The van der Waals surface area contributed by atoms with Crippen LogP contribution in [0.2, 0.25) is 5.02 Å². The van der Waals surface area contributed by atoms with Crippen molar-refractivity contribution in [3.05, 3.63) is 50.6 Å². The molecule has 0 saturated heterocycles. The lowest BCUT2D eigenvalue weighted by atomic mass is 10.1. The Hall–Kier alpha value is -0.880. The molecular formula is C10H6ClIN2O. The summed E-state index contributed by atoms with van der Waals surface area (Å²) in [6.07, 6.45) is 3.16. The molecule has 5 heteroatoms. The Labute approximate surface area is 105 Å². The Morgan fingerprint density at radius 1 is 1.40 bits per heavy atom. The maximum absolute atomic E-state index is 11.9. The molecule has 1 aromatic heterocycles. The van der Waals surface area contributed by atoms with Gasteiger partial charge < -0.3 is 4.98 Å². The van der Waals surface area contributed by atoms with Crippen molar-refractivity contribution in [3.63, 3.8) is 0 Å². The number of nitrogens with zero attached hydrogens (tertiary/aromatic N) is 1. The minimum Gasteiger partial charge on any atom is -0.342 e. The Balaban J connectivity index is 2.42. The number of aromatic amines is 1. The number of hydrogen-bond donors (Lipinski definition) is 1. The maximum Gasteiger partial charge on any atom is 0.228 e. The van der Waals surface area contributed by atoms with Crippen molar-refractivity contribution >= 4 is 40.0 Å². The predicted molar refractivity (Wildman–Crippen MR) is 66.2 cm³/mol. The first kappa shape index (κ1) is 10.6. The largest absolute Gasteiger partial charge is 0.342 e. The molecule has 15 heavy (non-hydrogen) atoms. The quantitative estimate of drug-likeness (QED) is 0.679. The fourth-order valence-corrected chi connectivity index (χ4v) is 2.30. The topological polar surface area (TPSA) is 45.8 Å². The maximum atomic E-state index is 11.9. The molecule has 76 valence electrons. The second-order valence-electron chi connectivity index (χ2n) is 2.93. The third kappa shape index (κ3) is 2.38. The molecule has 1 heterocycles. The first-order valence-corrected chi connectivity index (χ1v) is 5.62. The summed E-state index contributed by atoms with van der Waals surface area (Å²) < 4.78 is 0.926. The number of hydrogen-bond acceptors (Lipinski definition) is 2. The smallest absolute Gasteiger partial charge is 0.228 e. The van der Waals surface area contributed by atoms with Crippen molar-refractivity contribution in [2.24, 2.45) is 0 Å². The van der Waals surface area contributed by atoms with Gasteiger partial charge in [-0.25, -0.2) is 4.98 Å². The van der Waals surface area contributed by atoms with Gasteiger partial charge in [0.1, 0.15) is 0 Å². The lowest BCUT2D eigenvalue weighted by Gasteiger charge is -2.00. The fourth-order valence-electron chi connectivity index (χ4n) is 1.21. The molecule has 2 rings (SSSR count). The zero-order valence-corrected chi connectivity index (χ0v) is 10.4. The molecule has 3 nitrogen and oxygen atoms in total. The number of H-pyrrole nitrogens is 1. The molecule has 0 amide bonds. The number of rotatable bonds is 2. The van der Waals surface area contributed by atoms with Gasteiger partial charge in [0.25, 0.3) is 0 Å². The molecule has 1 N–H and O–H groups in total. The Morgan fingerprint density at radius 2 is 2.20 bits per heavy atom. The van der Waals surface area contributed by atoms with Crippen molar-refractivity contribution in [1.29, 1.82) is 0 Å². The highest BCUT2D eigenvalue weighted by Crippen LogP contribution is 2.18. The fraction of sp³-hybridized carbons (Fsp3) is 0. The van der Waals surface area contributed by atoms with E-state index < -0.39 is 0 Å². The van der Waals surface area contributed by atoms with Crippen molar-refractivity contribution in [2.75, 3.05) is 0 Å². The number of aromatic nitrogens is 2. The van der Waals surface area contributed by atoms with Gasteiger partial charge in [-0.1, -0.05) is 11.6 Å². The van der Waals surface area contributed by atoms with Crippen LogP contribution in [0.5, 0.6) is 0 Å². The molecular weight excluding hydrogens is 326 g/mol. The summed E-state index contributed by atoms with van der Waals surface area (Å²) in [5, 5.41) is 0.553. The monoisotopic (exact) mass is 332 g/mol. The van der Waals surface area contributed by atoms with E-state index >= 15 is 0 Å². The van der Waals surface area contributed by atoms with Crippen LogP contribution in [0.15, 0.2) is 30.6 Å². The normalized spacial score (nSPS) is 10.3. The highest BCUT2D eigenvalue weighted by atomic mass is 127. The summed E-state index contributed by atoms with van der Waals surface area (Å²) in [6, 6.07) is 5.20. The number of carbonyl (C=O) groups excluding carboxylic acids is 1. The van der Waals surface area contributed by atoms with Gasteiger partial charge in [0, 0.05) is 26.5 Å². The number of imidazole rings is 1. The summed E-state index contributed by atoms with van der Waals surface area (Å²) in [5.74, 6) is 0.175. The predicted octanol–water partition coefficient (Wildman–Crippen LogP) is 2.90. The van der Waals surface area contributed by atoms with E-state index in [1.54, 1.807) is 30.6 Å². The Kier molecular flexibility index (Phi) is 3.06. The van der Waals surface area contributed by atoms with E-state index in [9.17, 15) is 4.79 Å². The molecule has 0 saturated carbocycles. The highest BCUT2D eigenvalue weighted by Gasteiger charge is 2.12. The van der Waals surface area contributed by atoms with Gasteiger partial charge in [-0.05, 0) is 40.8 Å². The van der Waals surface area contributed by atoms with Gasteiger partial charge in [-0.15, -0.1) is 0 Å². The van der Waals surface area contributed by atoms with Crippen molar-refractivity contribution in [1.82, 2.24) is 9.97 Å². The van der Waals surface area contributed by atoms with Gasteiger partial charge >= 0.3 is 0 Å². The standard InChI is InChI=1S/C10H6ClIN2O/c11-7-3-6(4-8(12)5-7)9(15)10-13-1-2-14-10/h1-5H,(H,13,14). The summed E-state index contributed by atoms with van der Waals surface area (Å²) in [6.45, 7) is 0. The van der Waals surface area contributed by atoms with Gasteiger partial charge in [-0.2, -0.15) is 0 Å². The zero-order chi connectivity index (χ0) is 10.8. The van der Waals surface area contributed by atoms with Crippen molar-refractivity contribution in [2.45, 2.75) is 0 Å². The summed E-state index contributed by atoms with van der Waals surface area (Å²) in [7, 11) is 0. The average Bonchev–Trinajstić information content (AvgIpc) is 2.67. The second-order valence-corrected chi connectivity index (χ2v) is 4.61. The van der Waals surface area contributed by atoms with Crippen molar-refractivity contribution < 1.29 is 4.79 Å². The lowest BCUT2D eigenvalue weighted by molar-refractivity contribution is 0.103. The number of benzene rings is 1. The summed E-state index contributed by atoms with van der Waals surface area (Å²) in [5.41, 5.74) is 0.543. The molecule has 0 aliphatic heterocycles. The molecule has 0 aliphatic carbocycles. The molecule has 2 aromatic rings. The van der Waals surface area contributed by atoms with E-state index in [1.165, 1.54) is 0 Å². The van der Waals surface area contributed by atoms with Gasteiger partial charge in [0.2, 0.25) is 5.78 Å². The van der Waals surface area contributed by atoms with Crippen LogP contribution in [0.4, 0.5) is 0 Å². The van der Waals surface area contributed by atoms with Crippen LogP contribution in [0, 0.1) is 3.57 Å². The Morgan fingerprint density at radius 3 is 2.80 bits per heavy atom. The lowest BCUT2D eigenvalue weighted by Crippen LogP contribution is -2.03. The van der Waals surface area contributed by atoms with E-state index in [2.05, 4.69) is 32.6 Å². The molecule has 0 spiro atoms. The zero-order valence-electron chi connectivity index (χ0n) is 7.50. The van der Waals surface area contributed by atoms with Crippen molar-refractivity contribution in [3.8, 4) is 0 Å². The van der Waals surface area contributed by atoms with Gasteiger partial charge in [0.05, 0.1) is 0 Å². The van der Waals surface area contributed by atoms with Gasteiger partial charge in [0.15, 0.2) is 5.82 Å². The first-order valence-electron chi connectivity index (χ1n) is 4.17. The van der Waals surface area contributed by atoms with E-state index in [-0.39, 0.29) is 5.78 Å². The average molecular weight is 333 g/mol. The molecule has 0 bridgehead atoms. The van der Waals surface area contributed by atoms with Crippen LogP contribution in [0.25, 0.3) is 0 Å². The van der Waals surface area contributed by atoms with E-state index in [0.717, 1.165) is 3.57 Å². The first-order chi connectivity index (χ1) is 7.16. The minimum atomic E-state index is -0.152. The Bertz CT molecular complexity index is 476. The van der Waals surface area contributed by atoms with E-state index in [4.69, 9.17) is 11.6 Å². The summed E-state index contributed by atoms with van der Waals surface area (Å²) in [4.78, 5) is 18.5. The summed E-state index contributed by atoms with van der Waals surface area (Å²) >= 11 is 7.98. The molecule has 0 fully saturated rings. The number of nitrogens with one attached hydrogen (secondary N) is 1. The number of ketones is 1. The van der Waals surface area contributed by atoms with E-state index in [0.29, 0.717) is 16.4 Å². The third-order valence-electron chi connectivity index (χ3n) is 1.84. The number of carbonyl (C=O) groups is 1. The highest BCUT2D eigenvalue weighted by molar-refractivity contribution is 14.1. The molecule has 0 aliphatic rings. The van der Waals surface area contributed by atoms with Crippen LogP contribution in [0.3, 0.4) is 0 Å². The molecule has 1 aromatic carbocycles. The van der Waals surface area contributed by atoms with Crippen LogP contribution in [0.1, 0.15) is 16.2 Å². The number of halogens is 2. The molecule has 0 unspecified atom stereocenters. The van der Waals surface area contributed by atoms with E-state index in [1.807, 2.05) is 0 Å². The van der Waals surface area contributed by atoms with Crippen LogP contribution < -0.4 is 0 Å². The molecule has 0 radical (unpaired) electrons.